The summed E-state index contributed by atoms with van der Waals surface area (Å²) >= 11 is 0. The molecule has 0 aromatic carbocycles. The molecule has 0 bridgehead atoms. The van der Waals surface area contributed by atoms with Gasteiger partial charge in [0.25, 0.3) is 11.1 Å². The number of aromatic nitrogens is 2. The molecule has 0 saturated heterocycles. The Hall–Kier alpha value is -2.63. The number of aromatic amines is 1. The molecule has 1 aromatic rings. The molecule has 1 aliphatic heterocycles. The minimum atomic E-state index is -0.415. The third-order valence-corrected chi connectivity index (χ3v) is 4.10. The smallest absolute Gasteiger partial charge is 0.265 e. The molecule has 128 valence electrons. The van der Waals surface area contributed by atoms with E-state index < -0.39 is 11.1 Å². The summed E-state index contributed by atoms with van der Waals surface area (Å²) in [6.45, 7) is 9.40. The number of carbonyl (C=O) groups is 1. The van der Waals surface area contributed by atoms with Crippen LogP contribution in [0.5, 0.6) is 0 Å². The van der Waals surface area contributed by atoms with Gasteiger partial charge in [0.05, 0.1) is 6.04 Å². The maximum Gasteiger partial charge on any atom is 0.265 e. The van der Waals surface area contributed by atoms with E-state index in [1.165, 1.54) is 5.57 Å². The average Bonchev–Trinajstić information content (AvgIpc) is 2.51. The van der Waals surface area contributed by atoms with Gasteiger partial charge in [-0.2, -0.15) is 0 Å². The lowest BCUT2D eigenvalue weighted by molar-refractivity contribution is -0.136. The average molecular weight is 329 g/mol. The fourth-order valence-electron chi connectivity index (χ4n) is 3.14. The van der Waals surface area contributed by atoms with E-state index in [-0.39, 0.29) is 24.5 Å². The lowest BCUT2D eigenvalue weighted by Gasteiger charge is -2.40. The monoisotopic (exact) mass is 329 g/mol. The van der Waals surface area contributed by atoms with Crippen molar-refractivity contribution in [3.8, 4) is 0 Å². The van der Waals surface area contributed by atoms with Crippen molar-refractivity contribution >= 4 is 5.91 Å². The van der Waals surface area contributed by atoms with E-state index >= 15 is 0 Å². The number of rotatable bonds is 6. The van der Waals surface area contributed by atoms with E-state index in [0.29, 0.717) is 12.8 Å². The largest absolute Gasteiger partial charge is 0.331 e. The first-order chi connectivity index (χ1) is 11.5. The van der Waals surface area contributed by atoms with Crippen molar-refractivity contribution < 1.29 is 4.79 Å². The Kier molecular flexibility index (Phi) is 5.73. The van der Waals surface area contributed by atoms with E-state index in [2.05, 4.69) is 24.3 Å². The normalized spacial score (nSPS) is 20.4. The number of amides is 1. The number of hydrogen-bond donors (Lipinski definition) is 1. The molecule has 24 heavy (non-hydrogen) atoms. The Balaban J connectivity index is 2.32. The van der Waals surface area contributed by atoms with Crippen LogP contribution in [0.2, 0.25) is 0 Å². The van der Waals surface area contributed by atoms with Crippen molar-refractivity contribution in [1.29, 1.82) is 0 Å². The summed E-state index contributed by atoms with van der Waals surface area (Å²) in [5, 5.41) is 2.39. The van der Waals surface area contributed by atoms with E-state index in [4.69, 9.17) is 0 Å². The summed E-state index contributed by atoms with van der Waals surface area (Å²) in [6, 6.07) is 2.21. The molecule has 2 rings (SSSR count). The molecule has 1 aromatic heterocycles. The van der Waals surface area contributed by atoms with Crippen LogP contribution in [0.25, 0.3) is 0 Å². The standard InChI is InChI=1S/C18H23N3O3/c1-4-6-14-10-13(3)11-15(7-5-2)21(14)18(24)12-20-17(23)9-8-16(22)19-20/h4-5,8-10,14-15H,1-2,6-7,11-12H2,3H3,(H,19,22)/t14-,15-/m1/s1. The van der Waals surface area contributed by atoms with Gasteiger partial charge in [-0.05, 0) is 26.2 Å². The highest BCUT2D eigenvalue weighted by Gasteiger charge is 2.32. The SMILES string of the molecule is C=CC[C@@H]1CC(C)=C[C@@H](CC=C)N1C(=O)Cn1[nH]c(=O)ccc1=O. The molecule has 2 heterocycles. The van der Waals surface area contributed by atoms with Crippen LogP contribution in [0.15, 0.2) is 58.7 Å². The lowest BCUT2D eigenvalue weighted by Crippen LogP contribution is -2.51. The second-order valence-corrected chi connectivity index (χ2v) is 6.02. The van der Waals surface area contributed by atoms with Gasteiger partial charge in [-0.1, -0.05) is 23.8 Å². The summed E-state index contributed by atoms with van der Waals surface area (Å²) < 4.78 is 1.05. The van der Waals surface area contributed by atoms with E-state index in [0.717, 1.165) is 23.2 Å². The van der Waals surface area contributed by atoms with Crippen LogP contribution in [0.3, 0.4) is 0 Å². The molecule has 1 N–H and O–H groups in total. The van der Waals surface area contributed by atoms with Crippen LogP contribution in [-0.2, 0) is 11.3 Å². The molecule has 0 aliphatic carbocycles. The van der Waals surface area contributed by atoms with Crippen molar-refractivity contribution in [2.45, 2.75) is 44.8 Å². The van der Waals surface area contributed by atoms with E-state index in [1.54, 1.807) is 17.1 Å². The first-order valence-electron chi connectivity index (χ1n) is 7.96. The molecule has 2 atom stereocenters. The number of hydrogen-bond acceptors (Lipinski definition) is 3. The fourth-order valence-corrected chi connectivity index (χ4v) is 3.14. The Bertz CT molecular complexity index is 772. The number of H-pyrrole nitrogens is 1. The Morgan fingerprint density at radius 2 is 2.00 bits per heavy atom. The number of carbonyl (C=O) groups excluding carboxylic acids is 1. The summed E-state index contributed by atoms with van der Waals surface area (Å²) in [4.78, 5) is 37.9. The van der Waals surface area contributed by atoms with Crippen molar-refractivity contribution in [2.75, 3.05) is 0 Å². The molecule has 0 fully saturated rings. The van der Waals surface area contributed by atoms with Crippen LogP contribution in [0.4, 0.5) is 0 Å². The van der Waals surface area contributed by atoms with E-state index in [1.807, 2.05) is 6.92 Å². The summed E-state index contributed by atoms with van der Waals surface area (Å²) in [7, 11) is 0. The van der Waals surface area contributed by atoms with Crippen molar-refractivity contribution in [3.05, 3.63) is 69.8 Å². The highest BCUT2D eigenvalue weighted by Crippen LogP contribution is 2.27. The van der Waals surface area contributed by atoms with Gasteiger partial charge < -0.3 is 4.90 Å². The minimum absolute atomic E-state index is 0.00362. The summed E-state index contributed by atoms with van der Waals surface area (Å²) in [5.41, 5.74) is 0.400. The number of nitrogens with one attached hydrogen (secondary N) is 1. The summed E-state index contributed by atoms with van der Waals surface area (Å²) in [6.07, 6.45) is 7.72. The molecule has 1 aliphatic rings. The Labute approximate surface area is 140 Å². The molecule has 0 spiro atoms. The zero-order valence-electron chi connectivity index (χ0n) is 13.9. The van der Waals surface area contributed by atoms with Crippen LogP contribution in [0.1, 0.15) is 26.2 Å². The number of nitrogens with zero attached hydrogens (tertiary/aromatic N) is 2. The molecule has 1 amide bonds. The van der Waals surface area contributed by atoms with Crippen molar-refractivity contribution in [2.24, 2.45) is 0 Å². The Morgan fingerprint density at radius 3 is 2.67 bits per heavy atom. The Morgan fingerprint density at radius 1 is 1.29 bits per heavy atom. The highest BCUT2D eigenvalue weighted by molar-refractivity contribution is 5.77. The molecular formula is C18H23N3O3. The zero-order chi connectivity index (χ0) is 17.7. The maximum absolute atomic E-state index is 12.9. The van der Waals surface area contributed by atoms with Crippen LogP contribution in [0, 0.1) is 0 Å². The third-order valence-electron chi connectivity index (χ3n) is 4.10. The highest BCUT2D eigenvalue weighted by atomic mass is 16.2. The molecule has 0 unspecified atom stereocenters. The van der Waals surface area contributed by atoms with Gasteiger partial charge in [0.15, 0.2) is 0 Å². The molecule has 6 heteroatoms. The zero-order valence-corrected chi connectivity index (χ0v) is 13.9. The topological polar surface area (TPSA) is 75.2 Å². The van der Waals surface area contributed by atoms with Crippen molar-refractivity contribution in [1.82, 2.24) is 14.7 Å². The van der Waals surface area contributed by atoms with Crippen LogP contribution < -0.4 is 11.1 Å². The second-order valence-electron chi connectivity index (χ2n) is 6.02. The van der Waals surface area contributed by atoms with Gasteiger partial charge in [-0.15, -0.1) is 13.2 Å². The van der Waals surface area contributed by atoms with E-state index in [9.17, 15) is 14.4 Å². The summed E-state index contributed by atoms with van der Waals surface area (Å²) in [5.74, 6) is -0.207. The lowest BCUT2D eigenvalue weighted by atomic mass is 9.92. The van der Waals surface area contributed by atoms with Gasteiger partial charge in [-0.25, -0.2) is 4.68 Å². The quantitative estimate of drug-likeness (QED) is 0.806. The van der Waals surface area contributed by atoms with Gasteiger partial charge in [0, 0.05) is 18.2 Å². The first-order valence-corrected chi connectivity index (χ1v) is 7.96. The minimum Gasteiger partial charge on any atom is -0.331 e. The second kappa shape index (κ2) is 7.77. The molecular weight excluding hydrogens is 306 g/mol. The predicted octanol–water partition coefficient (Wildman–Crippen LogP) is 1.60. The fraction of sp³-hybridized carbons (Fsp3) is 0.389. The van der Waals surface area contributed by atoms with Gasteiger partial charge in [0.2, 0.25) is 5.91 Å². The van der Waals surface area contributed by atoms with Crippen LogP contribution >= 0.6 is 0 Å². The van der Waals surface area contributed by atoms with Gasteiger partial charge in [0.1, 0.15) is 6.54 Å². The predicted molar refractivity (Wildman–Crippen MR) is 93.7 cm³/mol. The van der Waals surface area contributed by atoms with Crippen molar-refractivity contribution in [3.63, 3.8) is 0 Å². The third kappa shape index (κ3) is 4.01. The first kappa shape index (κ1) is 17.7. The van der Waals surface area contributed by atoms with Crippen LogP contribution in [-0.4, -0.2) is 32.7 Å². The van der Waals surface area contributed by atoms with Gasteiger partial charge >= 0.3 is 0 Å². The van der Waals surface area contributed by atoms with Gasteiger partial charge in [-0.3, -0.25) is 19.5 Å². The molecule has 0 radical (unpaired) electrons. The molecule has 0 saturated carbocycles. The molecule has 6 nitrogen and oxygen atoms in total. The maximum atomic E-state index is 12.9.